The second kappa shape index (κ2) is 7.43. The van der Waals surface area contributed by atoms with Gasteiger partial charge in [-0.05, 0) is 18.4 Å². The van der Waals surface area contributed by atoms with Crippen LogP contribution in [0.2, 0.25) is 0 Å². The highest BCUT2D eigenvalue weighted by Crippen LogP contribution is 2.34. The summed E-state index contributed by atoms with van der Waals surface area (Å²) >= 11 is 0. The van der Waals surface area contributed by atoms with E-state index in [0.717, 1.165) is 31.4 Å². The van der Waals surface area contributed by atoms with Gasteiger partial charge in [0.1, 0.15) is 0 Å². The van der Waals surface area contributed by atoms with Crippen LogP contribution < -0.4 is 0 Å². The average Bonchev–Trinajstić information content (AvgIpc) is 3.19. The monoisotopic (exact) mass is 325 g/mol. The molecule has 5 heteroatoms. The fourth-order valence-electron chi connectivity index (χ4n) is 3.54. The number of ketones is 1. The Balaban J connectivity index is 1.74. The maximum absolute atomic E-state index is 12.6. The summed E-state index contributed by atoms with van der Waals surface area (Å²) in [4.78, 5) is 30.9. The van der Waals surface area contributed by atoms with E-state index in [9.17, 15) is 9.59 Å². The largest absolute Gasteiger partial charge is 0.337 e. The SMILES string of the molecule is CCCC1C(c2ccccc2)C(=O)C(=O)N1CCCn1ccnc1. The van der Waals surface area contributed by atoms with Gasteiger partial charge in [-0.1, -0.05) is 43.7 Å². The Kier molecular flexibility index (Phi) is 5.08. The van der Waals surface area contributed by atoms with Gasteiger partial charge in [0.25, 0.3) is 5.91 Å². The zero-order chi connectivity index (χ0) is 16.9. The van der Waals surface area contributed by atoms with Gasteiger partial charge in [-0.25, -0.2) is 4.98 Å². The topological polar surface area (TPSA) is 55.2 Å². The van der Waals surface area contributed by atoms with Gasteiger partial charge in [0, 0.05) is 31.5 Å². The number of Topliss-reactive ketones (excluding diaryl/α,β-unsaturated/α-hetero) is 1. The maximum Gasteiger partial charge on any atom is 0.290 e. The summed E-state index contributed by atoms with van der Waals surface area (Å²) in [7, 11) is 0. The molecule has 1 aliphatic rings. The molecule has 2 atom stereocenters. The Morgan fingerprint density at radius 1 is 1.12 bits per heavy atom. The van der Waals surface area contributed by atoms with Crippen LogP contribution in [0.15, 0.2) is 49.1 Å². The Morgan fingerprint density at radius 3 is 2.58 bits per heavy atom. The molecule has 1 amide bonds. The van der Waals surface area contributed by atoms with E-state index in [4.69, 9.17) is 0 Å². The van der Waals surface area contributed by atoms with Gasteiger partial charge in [0.05, 0.1) is 12.2 Å². The highest BCUT2D eigenvalue weighted by atomic mass is 16.2. The fourth-order valence-corrected chi connectivity index (χ4v) is 3.54. The lowest BCUT2D eigenvalue weighted by Crippen LogP contribution is -2.36. The van der Waals surface area contributed by atoms with E-state index in [-0.39, 0.29) is 23.7 Å². The number of aromatic nitrogens is 2. The van der Waals surface area contributed by atoms with Crippen LogP contribution in [0.1, 0.15) is 37.7 Å². The lowest BCUT2D eigenvalue weighted by molar-refractivity contribution is -0.140. The van der Waals surface area contributed by atoms with Crippen molar-refractivity contribution in [2.24, 2.45) is 0 Å². The predicted octanol–water partition coefficient (Wildman–Crippen LogP) is 2.64. The van der Waals surface area contributed by atoms with Crippen LogP contribution in [-0.4, -0.2) is 38.7 Å². The second-order valence-electron chi connectivity index (χ2n) is 6.26. The molecule has 0 aliphatic carbocycles. The van der Waals surface area contributed by atoms with Gasteiger partial charge in [0.15, 0.2) is 0 Å². The Hall–Kier alpha value is -2.43. The number of likely N-dealkylation sites (tertiary alicyclic amines) is 1. The van der Waals surface area contributed by atoms with Gasteiger partial charge in [0.2, 0.25) is 5.78 Å². The van der Waals surface area contributed by atoms with E-state index < -0.39 is 0 Å². The normalized spacial score (nSPS) is 20.8. The number of nitrogens with zero attached hydrogens (tertiary/aromatic N) is 3. The molecule has 0 saturated carbocycles. The van der Waals surface area contributed by atoms with Crippen molar-refractivity contribution in [2.45, 2.75) is 44.7 Å². The summed E-state index contributed by atoms with van der Waals surface area (Å²) in [5, 5.41) is 0. The summed E-state index contributed by atoms with van der Waals surface area (Å²) in [5.41, 5.74) is 0.950. The van der Waals surface area contributed by atoms with Crippen LogP contribution in [0.3, 0.4) is 0 Å². The zero-order valence-corrected chi connectivity index (χ0v) is 14.0. The lowest BCUT2D eigenvalue weighted by atomic mass is 9.88. The molecule has 2 aromatic rings. The summed E-state index contributed by atoms with van der Waals surface area (Å²) in [6.07, 6.45) is 8.04. The molecule has 3 rings (SSSR count). The zero-order valence-electron chi connectivity index (χ0n) is 14.0. The minimum atomic E-state index is -0.327. The van der Waals surface area contributed by atoms with E-state index in [2.05, 4.69) is 11.9 Å². The first-order valence-electron chi connectivity index (χ1n) is 8.58. The molecule has 2 heterocycles. The first-order valence-corrected chi connectivity index (χ1v) is 8.58. The van der Waals surface area contributed by atoms with Crippen molar-refractivity contribution in [1.29, 1.82) is 0 Å². The number of amides is 1. The van der Waals surface area contributed by atoms with E-state index in [1.54, 1.807) is 17.4 Å². The molecular formula is C19H23N3O2. The molecule has 0 N–H and O–H groups in total. The first-order chi connectivity index (χ1) is 11.7. The van der Waals surface area contributed by atoms with Gasteiger partial charge < -0.3 is 9.47 Å². The standard InChI is InChI=1S/C19H23N3O2/c1-2-7-16-17(15-8-4-3-5-9-15)18(23)19(24)22(16)12-6-11-21-13-10-20-14-21/h3-5,8-10,13-14,16-17H,2,6-7,11-12H2,1H3. The van der Waals surface area contributed by atoms with Crippen molar-refractivity contribution in [1.82, 2.24) is 14.5 Å². The van der Waals surface area contributed by atoms with Crippen LogP contribution >= 0.6 is 0 Å². The van der Waals surface area contributed by atoms with Crippen molar-refractivity contribution in [2.75, 3.05) is 6.54 Å². The molecule has 1 fully saturated rings. The average molecular weight is 325 g/mol. The minimum absolute atomic E-state index is 0.0276. The number of carbonyl (C=O) groups excluding carboxylic acids is 2. The van der Waals surface area contributed by atoms with Crippen LogP contribution in [0, 0.1) is 0 Å². The van der Waals surface area contributed by atoms with Crippen molar-refractivity contribution in [3.63, 3.8) is 0 Å². The molecule has 1 saturated heterocycles. The fraction of sp³-hybridized carbons (Fsp3) is 0.421. The maximum atomic E-state index is 12.6. The third-order valence-corrected chi connectivity index (χ3v) is 4.66. The summed E-state index contributed by atoms with van der Waals surface area (Å²) in [5.74, 6) is -0.915. The minimum Gasteiger partial charge on any atom is -0.337 e. The predicted molar refractivity (Wildman–Crippen MR) is 91.4 cm³/mol. The molecule has 1 aromatic carbocycles. The smallest absolute Gasteiger partial charge is 0.290 e. The third-order valence-electron chi connectivity index (χ3n) is 4.66. The van der Waals surface area contributed by atoms with Crippen LogP contribution in [0.25, 0.3) is 0 Å². The molecule has 126 valence electrons. The van der Waals surface area contributed by atoms with Crippen molar-refractivity contribution >= 4 is 11.7 Å². The molecular weight excluding hydrogens is 302 g/mol. The summed E-state index contributed by atoms with van der Waals surface area (Å²) in [6, 6.07) is 9.67. The van der Waals surface area contributed by atoms with E-state index in [0.29, 0.717) is 6.54 Å². The molecule has 0 spiro atoms. The third kappa shape index (κ3) is 3.25. The number of rotatable bonds is 7. The van der Waals surface area contributed by atoms with Crippen molar-refractivity contribution in [3.8, 4) is 0 Å². The molecule has 5 nitrogen and oxygen atoms in total. The van der Waals surface area contributed by atoms with E-state index in [1.165, 1.54) is 0 Å². The molecule has 0 radical (unpaired) electrons. The number of aryl methyl sites for hydroxylation is 1. The van der Waals surface area contributed by atoms with Gasteiger partial charge in [-0.2, -0.15) is 0 Å². The lowest BCUT2D eigenvalue weighted by Gasteiger charge is -2.27. The van der Waals surface area contributed by atoms with Crippen LogP contribution in [0.4, 0.5) is 0 Å². The number of imidazole rings is 1. The van der Waals surface area contributed by atoms with E-state index in [1.807, 2.05) is 41.1 Å². The highest BCUT2D eigenvalue weighted by molar-refractivity contribution is 6.40. The van der Waals surface area contributed by atoms with Gasteiger partial charge in [-0.3, -0.25) is 9.59 Å². The second-order valence-corrected chi connectivity index (χ2v) is 6.26. The molecule has 0 bridgehead atoms. The van der Waals surface area contributed by atoms with Gasteiger partial charge >= 0.3 is 0 Å². The number of benzene rings is 1. The van der Waals surface area contributed by atoms with Gasteiger partial charge in [-0.15, -0.1) is 0 Å². The van der Waals surface area contributed by atoms with Crippen LogP contribution in [0.5, 0.6) is 0 Å². The number of hydrogen-bond acceptors (Lipinski definition) is 3. The summed E-state index contributed by atoms with van der Waals surface area (Å²) in [6.45, 7) is 3.50. The van der Waals surface area contributed by atoms with E-state index >= 15 is 0 Å². The molecule has 1 aromatic heterocycles. The quantitative estimate of drug-likeness (QED) is 0.735. The Bertz CT molecular complexity index is 682. The number of carbonyl (C=O) groups is 2. The van der Waals surface area contributed by atoms with Crippen molar-refractivity contribution < 1.29 is 9.59 Å². The molecule has 1 aliphatic heterocycles. The highest BCUT2D eigenvalue weighted by Gasteiger charge is 2.46. The Morgan fingerprint density at radius 2 is 1.92 bits per heavy atom. The van der Waals surface area contributed by atoms with Crippen molar-refractivity contribution in [3.05, 3.63) is 54.6 Å². The van der Waals surface area contributed by atoms with Crippen LogP contribution in [-0.2, 0) is 16.1 Å². The summed E-state index contributed by atoms with van der Waals surface area (Å²) < 4.78 is 1.99. The first kappa shape index (κ1) is 16.4. The molecule has 24 heavy (non-hydrogen) atoms. The molecule has 2 unspecified atom stereocenters. The number of hydrogen-bond donors (Lipinski definition) is 0. The Labute approximate surface area is 142 Å².